The first-order chi connectivity index (χ1) is 16.4. The van der Waals surface area contributed by atoms with Crippen LogP contribution in [0.4, 0.5) is 0 Å². The van der Waals surface area contributed by atoms with Gasteiger partial charge in [0.2, 0.25) is 11.8 Å². The maximum absolute atomic E-state index is 13.3. The van der Waals surface area contributed by atoms with Gasteiger partial charge in [0, 0.05) is 46.3 Å². The largest absolute Gasteiger partial charge is 0.383 e. The number of methoxy groups -OCH3 is 1. The van der Waals surface area contributed by atoms with Gasteiger partial charge in [0.25, 0.3) is 0 Å². The number of carbonyl (C=O) groups excluding carboxylic acids is 2. The van der Waals surface area contributed by atoms with Crippen molar-refractivity contribution < 1.29 is 14.3 Å². The summed E-state index contributed by atoms with van der Waals surface area (Å²) in [5.41, 5.74) is 8.38. The molecule has 2 amide bonds. The van der Waals surface area contributed by atoms with Gasteiger partial charge in [-0.1, -0.05) is 36.2 Å². The first-order valence-electron chi connectivity index (χ1n) is 12.9. The highest BCUT2D eigenvalue weighted by molar-refractivity contribution is 5.87. The van der Waals surface area contributed by atoms with Crippen molar-refractivity contribution in [2.75, 3.05) is 39.9 Å². The van der Waals surface area contributed by atoms with E-state index >= 15 is 0 Å². The molecule has 1 aromatic carbocycles. The molecule has 1 aliphatic heterocycles. The fraction of sp³-hybridized carbons (Fsp3) is 0.704. The summed E-state index contributed by atoms with van der Waals surface area (Å²) in [5.74, 6) is 1.01. The normalized spacial score (nSPS) is 25.4. The second-order valence-corrected chi connectivity index (χ2v) is 10.2. The SMILES string of the molecule is COCCN(Cc1ccc(C)cc1)C1CCN(C(C)=O)[C@@H](C(=O)NCC2CCCC(CN)C2)C1. The van der Waals surface area contributed by atoms with E-state index in [1.54, 1.807) is 18.9 Å². The van der Waals surface area contributed by atoms with Crippen LogP contribution in [0.2, 0.25) is 0 Å². The lowest BCUT2D eigenvalue weighted by molar-refractivity contribution is -0.142. The molecule has 1 saturated carbocycles. The van der Waals surface area contributed by atoms with Crippen LogP contribution in [0, 0.1) is 18.8 Å². The van der Waals surface area contributed by atoms with Crippen molar-refractivity contribution in [3.05, 3.63) is 35.4 Å². The molecule has 0 aromatic heterocycles. The van der Waals surface area contributed by atoms with Gasteiger partial charge >= 0.3 is 0 Å². The highest BCUT2D eigenvalue weighted by Gasteiger charge is 2.37. The van der Waals surface area contributed by atoms with E-state index < -0.39 is 6.04 Å². The van der Waals surface area contributed by atoms with Crippen molar-refractivity contribution in [2.45, 2.75) is 71.0 Å². The predicted molar refractivity (Wildman–Crippen MR) is 135 cm³/mol. The van der Waals surface area contributed by atoms with Gasteiger partial charge in [-0.05, 0) is 63.0 Å². The van der Waals surface area contributed by atoms with Gasteiger partial charge in [0.1, 0.15) is 6.04 Å². The second-order valence-electron chi connectivity index (χ2n) is 10.2. The van der Waals surface area contributed by atoms with Gasteiger partial charge in [0.05, 0.1) is 6.61 Å². The number of amides is 2. The number of nitrogens with zero attached hydrogens (tertiary/aromatic N) is 2. The standard InChI is InChI=1S/C27H44N4O3/c1-20-7-9-22(10-8-20)19-30(13-14-34-3)25-11-12-31(21(2)32)26(16-25)27(33)29-18-24-6-4-5-23(15-24)17-28/h7-10,23-26H,4-6,11-19,28H2,1-3H3,(H,29,33)/t23?,24?,25?,26-/m1/s1. The summed E-state index contributed by atoms with van der Waals surface area (Å²) in [6, 6.07) is 8.41. The minimum Gasteiger partial charge on any atom is -0.383 e. The van der Waals surface area contributed by atoms with E-state index in [9.17, 15) is 9.59 Å². The van der Waals surface area contributed by atoms with Crippen molar-refractivity contribution in [3.63, 3.8) is 0 Å². The van der Waals surface area contributed by atoms with Crippen LogP contribution in [0.15, 0.2) is 24.3 Å². The lowest BCUT2D eigenvalue weighted by Crippen LogP contribution is -2.57. The molecule has 2 aliphatic rings. The molecule has 0 bridgehead atoms. The van der Waals surface area contributed by atoms with Crippen LogP contribution < -0.4 is 11.1 Å². The highest BCUT2D eigenvalue weighted by atomic mass is 16.5. The van der Waals surface area contributed by atoms with Crippen LogP contribution in [0.25, 0.3) is 0 Å². The first kappa shape index (κ1) is 26.6. The molecule has 1 heterocycles. The van der Waals surface area contributed by atoms with Crippen molar-refractivity contribution in [2.24, 2.45) is 17.6 Å². The zero-order valence-electron chi connectivity index (χ0n) is 21.3. The third-order valence-corrected chi connectivity index (χ3v) is 7.68. The maximum atomic E-state index is 13.3. The van der Waals surface area contributed by atoms with Gasteiger partial charge in [-0.3, -0.25) is 14.5 Å². The molecule has 1 aliphatic carbocycles. The number of nitrogens with one attached hydrogen (secondary N) is 1. The highest BCUT2D eigenvalue weighted by Crippen LogP contribution is 2.28. The minimum atomic E-state index is -0.423. The molecular weight excluding hydrogens is 428 g/mol. The molecule has 1 aromatic rings. The smallest absolute Gasteiger partial charge is 0.242 e. The molecule has 3 N–H and O–H groups in total. The number of nitrogens with two attached hydrogens (primary N) is 1. The monoisotopic (exact) mass is 472 g/mol. The van der Waals surface area contributed by atoms with Crippen molar-refractivity contribution in [1.29, 1.82) is 0 Å². The summed E-state index contributed by atoms with van der Waals surface area (Å²) in [7, 11) is 1.72. The van der Waals surface area contributed by atoms with E-state index in [4.69, 9.17) is 10.5 Å². The Morgan fingerprint density at radius 2 is 1.88 bits per heavy atom. The van der Waals surface area contributed by atoms with Crippen molar-refractivity contribution >= 4 is 11.8 Å². The molecule has 3 rings (SSSR count). The molecule has 190 valence electrons. The van der Waals surface area contributed by atoms with Gasteiger partial charge < -0.3 is 20.7 Å². The summed E-state index contributed by atoms with van der Waals surface area (Å²) in [4.78, 5) is 29.9. The van der Waals surface area contributed by atoms with E-state index in [0.717, 1.165) is 38.9 Å². The van der Waals surface area contributed by atoms with Gasteiger partial charge in [-0.15, -0.1) is 0 Å². The Hall–Kier alpha value is -1.96. The number of rotatable bonds is 10. The summed E-state index contributed by atoms with van der Waals surface area (Å²) in [5, 5.41) is 3.19. The first-order valence-corrected chi connectivity index (χ1v) is 12.9. The zero-order chi connectivity index (χ0) is 24.5. The Morgan fingerprint density at radius 1 is 1.15 bits per heavy atom. The number of ether oxygens (including phenoxy) is 1. The van der Waals surface area contributed by atoms with E-state index in [1.165, 1.54) is 24.0 Å². The maximum Gasteiger partial charge on any atom is 0.242 e. The number of likely N-dealkylation sites (tertiary alicyclic amines) is 1. The van der Waals surface area contributed by atoms with Crippen LogP contribution in [-0.2, 0) is 20.9 Å². The lowest BCUT2D eigenvalue weighted by Gasteiger charge is -2.42. The molecule has 1 saturated heterocycles. The molecule has 0 radical (unpaired) electrons. The number of piperidine rings is 1. The average Bonchev–Trinajstić information content (AvgIpc) is 2.86. The summed E-state index contributed by atoms with van der Waals surface area (Å²) in [6.45, 7) is 7.93. The molecule has 7 nitrogen and oxygen atoms in total. The topological polar surface area (TPSA) is 87.9 Å². The second kappa shape index (κ2) is 13.2. The van der Waals surface area contributed by atoms with Crippen LogP contribution >= 0.6 is 0 Å². The van der Waals surface area contributed by atoms with E-state index in [-0.39, 0.29) is 17.9 Å². The van der Waals surface area contributed by atoms with Crippen molar-refractivity contribution in [1.82, 2.24) is 15.1 Å². The zero-order valence-corrected chi connectivity index (χ0v) is 21.3. The minimum absolute atomic E-state index is 0.0169. The fourth-order valence-corrected chi connectivity index (χ4v) is 5.60. The van der Waals surface area contributed by atoms with Gasteiger partial charge in [-0.2, -0.15) is 0 Å². The molecule has 2 fully saturated rings. The molecule has 0 spiro atoms. The number of hydrogen-bond donors (Lipinski definition) is 2. The Bertz CT molecular complexity index is 785. The molecular formula is C27H44N4O3. The summed E-state index contributed by atoms with van der Waals surface area (Å²) < 4.78 is 5.38. The number of hydrogen-bond acceptors (Lipinski definition) is 5. The Labute approximate surface area is 205 Å². The van der Waals surface area contributed by atoms with Crippen LogP contribution in [-0.4, -0.2) is 73.6 Å². The number of aryl methyl sites for hydroxylation is 1. The third kappa shape index (κ3) is 7.52. The molecule has 7 heteroatoms. The molecule has 34 heavy (non-hydrogen) atoms. The van der Waals surface area contributed by atoms with E-state index in [1.807, 2.05) is 0 Å². The summed E-state index contributed by atoms with van der Waals surface area (Å²) in [6.07, 6.45) is 6.11. The van der Waals surface area contributed by atoms with Gasteiger partial charge in [0.15, 0.2) is 0 Å². The Balaban J connectivity index is 1.65. The van der Waals surface area contributed by atoms with E-state index in [0.29, 0.717) is 38.0 Å². The lowest BCUT2D eigenvalue weighted by atomic mass is 9.81. The quantitative estimate of drug-likeness (QED) is 0.547. The van der Waals surface area contributed by atoms with Crippen LogP contribution in [0.5, 0.6) is 0 Å². The van der Waals surface area contributed by atoms with Crippen LogP contribution in [0.1, 0.15) is 56.6 Å². The van der Waals surface area contributed by atoms with Crippen molar-refractivity contribution in [3.8, 4) is 0 Å². The predicted octanol–water partition coefficient (Wildman–Crippen LogP) is 2.70. The van der Waals surface area contributed by atoms with E-state index in [2.05, 4.69) is 41.4 Å². The van der Waals surface area contributed by atoms with Crippen LogP contribution in [0.3, 0.4) is 0 Å². The molecule has 4 atom stereocenters. The average molecular weight is 473 g/mol. The third-order valence-electron chi connectivity index (χ3n) is 7.68. The number of carbonyl (C=O) groups is 2. The Morgan fingerprint density at radius 3 is 2.56 bits per heavy atom. The fourth-order valence-electron chi connectivity index (χ4n) is 5.60. The summed E-state index contributed by atoms with van der Waals surface area (Å²) >= 11 is 0. The molecule has 3 unspecified atom stereocenters. The number of benzene rings is 1. The Kier molecular flexibility index (Phi) is 10.4. The van der Waals surface area contributed by atoms with Gasteiger partial charge in [-0.25, -0.2) is 0 Å².